The largest absolute Gasteiger partial charge is 0.312 e. The van der Waals surface area contributed by atoms with Crippen molar-refractivity contribution in [2.45, 2.75) is 58.9 Å². The number of hydrogen-bond donors (Lipinski definition) is 1. The van der Waals surface area contributed by atoms with Gasteiger partial charge in [0.2, 0.25) is 0 Å². The van der Waals surface area contributed by atoms with Gasteiger partial charge in [0.1, 0.15) is 0 Å². The van der Waals surface area contributed by atoms with E-state index in [1.54, 1.807) is 0 Å². The summed E-state index contributed by atoms with van der Waals surface area (Å²) in [4.78, 5) is 6.22. The Hall–Kier alpha value is -0.410. The molecule has 2 nitrogen and oxygen atoms in total. The Labute approximate surface area is 109 Å². The van der Waals surface area contributed by atoms with E-state index in [9.17, 15) is 0 Å². The molecule has 1 fully saturated rings. The van der Waals surface area contributed by atoms with Gasteiger partial charge in [-0.2, -0.15) is 0 Å². The zero-order valence-corrected chi connectivity index (χ0v) is 12.1. The van der Waals surface area contributed by atoms with E-state index in [4.69, 9.17) is 4.98 Å². The third-order valence-electron chi connectivity index (χ3n) is 3.67. The van der Waals surface area contributed by atoms with E-state index in [2.05, 4.69) is 26.1 Å². The van der Waals surface area contributed by atoms with Gasteiger partial charge in [-0.25, -0.2) is 4.98 Å². The van der Waals surface area contributed by atoms with Crippen LogP contribution < -0.4 is 5.32 Å². The molecule has 0 saturated heterocycles. The maximum Gasteiger partial charge on any atom is 0.0962 e. The summed E-state index contributed by atoms with van der Waals surface area (Å²) in [5.41, 5.74) is 1.24. The first kappa shape index (κ1) is 13.0. The molecule has 17 heavy (non-hydrogen) atoms. The summed E-state index contributed by atoms with van der Waals surface area (Å²) >= 11 is 1.94. The molecule has 1 saturated carbocycles. The minimum Gasteiger partial charge on any atom is -0.312 e. The number of thiazole rings is 1. The summed E-state index contributed by atoms with van der Waals surface area (Å²) in [7, 11) is 0. The molecule has 3 heteroatoms. The first-order valence-corrected chi connectivity index (χ1v) is 7.69. The van der Waals surface area contributed by atoms with E-state index < -0.39 is 0 Å². The van der Waals surface area contributed by atoms with E-state index in [0.717, 1.165) is 24.9 Å². The summed E-state index contributed by atoms with van der Waals surface area (Å²) in [5.74, 6) is 1.64. The van der Waals surface area contributed by atoms with Crippen LogP contribution in [0.1, 0.15) is 61.0 Å². The van der Waals surface area contributed by atoms with Gasteiger partial charge in [-0.05, 0) is 38.6 Å². The van der Waals surface area contributed by atoms with Crippen molar-refractivity contribution < 1.29 is 0 Å². The Balaban J connectivity index is 1.97. The maximum absolute atomic E-state index is 4.78. The lowest BCUT2D eigenvalue weighted by Crippen LogP contribution is -2.13. The van der Waals surface area contributed by atoms with Crippen molar-refractivity contribution in [2.75, 3.05) is 6.54 Å². The van der Waals surface area contributed by atoms with Crippen LogP contribution in [0.25, 0.3) is 0 Å². The van der Waals surface area contributed by atoms with Crippen LogP contribution in [0, 0.1) is 12.8 Å². The Morgan fingerprint density at radius 3 is 2.88 bits per heavy atom. The predicted octanol–water partition coefficient (Wildman–Crippen LogP) is 3.85. The number of nitrogens with zero attached hydrogens (tertiary/aromatic N) is 1. The summed E-state index contributed by atoms with van der Waals surface area (Å²) < 4.78 is 0. The van der Waals surface area contributed by atoms with E-state index >= 15 is 0 Å². The van der Waals surface area contributed by atoms with Crippen LogP contribution in [0.2, 0.25) is 0 Å². The van der Waals surface area contributed by atoms with E-state index in [0.29, 0.717) is 0 Å². The molecule has 1 aromatic rings. The molecule has 0 amide bonds. The van der Waals surface area contributed by atoms with Crippen LogP contribution >= 0.6 is 11.3 Å². The van der Waals surface area contributed by atoms with Crippen LogP contribution in [0.3, 0.4) is 0 Å². The summed E-state index contributed by atoms with van der Waals surface area (Å²) in [6.07, 6.45) is 5.27. The number of hydrogen-bond acceptors (Lipinski definition) is 3. The number of aryl methyl sites for hydroxylation is 1. The van der Waals surface area contributed by atoms with E-state index in [1.807, 2.05) is 11.3 Å². The molecule has 0 bridgehead atoms. The fourth-order valence-electron chi connectivity index (χ4n) is 2.60. The topological polar surface area (TPSA) is 24.9 Å². The zero-order valence-electron chi connectivity index (χ0n) is 11.3. The van der Waals surface area contributed by atoms with Crippen molar-refractivity contribution >= 4 is 11.3 Å². The average Bonchev–Trinajstić information content (AvgIpc) is 2.86. The molecular weight excluding hydrogens is 228 g/mol. The molecule has 2 atom stereocenters. The quantitative estimate of drug-likeness (QED) is 0.805. The van der Waals surface area contributed by atoms with Crippen molar-refractivity contribution in [3.63, 3.8) is 0 Å². The molecule has 0 aliphatic heterocycles. The van der Waals surface area contributed by atoms with Gasteiger partial charge >= 0.3 is 0 Å². The lowest BCUT2D eigenvalue weighted by Gasteiger charge is -2.04. The molecule has 2 unspecified atom stereocenters. The highest BCUT2D eigenvalue weighted by Crippen LogP contribution is 2.40. The van der Waals surface area contributed by atoms with Gasteiger partial charge in [-0.1, -0.05) is 20.3 Å². The summed E-state index contributed by atoms with van der Waals surface area (Å²) in [6, 6.07) is 0. The average molecular weight is 252 g/mol. The third kappa shape index (κ3) is 3.29. The first-order chi connectivity index (χ1) is 8.20. The minimum absolute atomic E-state index is 0.744. The highest BCUT2D eigenvalue weighted by Gasteiger charge is 2.25. The Morgan fingerprint density at radius 2 is 2.24 bits per heavy atom. The molecule has 1 N–H and O–H groups in total. The Kier molecular flexibility index (Phi) is 4.57. The molecule has 96 valence electrons. The predicted molar refractivity (Wildman–Crippen MR) is 74.6 cm³/mol. The lowest BCUT2D eigenvalue weighted by atomic mass is 10.1. The molecule has 1 aromatic heterocycles. The molecule has 1 heterocycles. The minimum atomic E-state index is 0.744. The van der Waals surface area contributed by atoms with Crippen LogP contribution in [0.4, 0.5) is 0 Å². The van der Waals surface area contributed by atoms with E-state index in [1.165, 1.54) is 41.3 Å². The second-order valence-electron chi connectivity index (χ2n) is 5.35. The van der Waals surface area contributed by atoms with Gasteiger partial charge < -0.3 is 5.32 Å². The highest BCUT2D eigenvalue weighted by molar-refractivity contribution is 7.11. The van der Waals surface area contributed by atoms with Gasteiger partial charge in [-0.15, -0.1) is 11.3 Å². The van der Waals surface area contributed by atoms with Crippen molar-refractivity contribution in [1.29, 1.82) is 0 Å². The summed E-state index contributed by atoms with van der Waals surface area (Å²) in [6.45, 7) is 8.83. The first-order valence-electron chi connectivity index (χ1n) is 6.87. The summed E-state index contributed by atoms with van der Waals surface area (Å²) in [5, 5.41) is 4.86. The monoisotopic (exact) mass is 252 g/mol. The molecule has 2 rings (SSSR count). The molecule has 1 aliphatic rings. The van der Waals surface area contributed by atoms with Gasteiger partial charge in [0.25, 0.3) is 0 Å². The molecule has 0 radical (unpaired) electrons. The lowest BCUT2D eigenvalue weighted by molar-refractivity contribution is 0.595. The highest BCUT2D eigenvalue weighted by atomic mass is 32.1. The number of rotatable bonds is 5. The standard InChI is InChI=1S/C14H24N2S/c1-4-7-15-9-13-11(3)16-14(17-13)12-6-5-10(2)8-12/h10,12,15H,4-9H2,1-3H3. The van der Waals surface area contributed by atoms with Crippen LogP contribution in [0.15, 0.2) is 0 Å². The van der Waals surface area contributed by atoms with Crippen molar-refractivity contribution in [1.82, 2.24) is 10.3 Å². The van der Waals surface area contributed by atoms with Crippen molar-refractivity contribution in [3.05, 3.63) is 15.6 Å². The SMILES string of the molecule is CCCNCc1sc(C2CCC(C)C2)nc1C. The van der Waals surface area contributed by atoms with Gasteiger partial charge in [0.15, 0.2) is 0 Å². The Bertz CT molecular complexity index is 359. The maximum atomic E-state index is 4.78. The zero-order chi connectivity index (χ0) is 12.3. The molecular formula is C14H24N2S. The Morgan fingerprint density at radius 1 is 1.41 bits per heavy atom. The smallest absolute Gasteiger partial charge is 0.0962 e. The van der Waals surface area contributed by atoms with Crippen molar-refractivity contribution in [2.24, 2.45) is 5.92 Å². The van der Waals surface area contributed by atoms with Gasteiger partial charge in [0.05, 0.1) is 10.7 Å². The molecule has 0 aromatic carbocycles. The number of aromatic nitrogens is 1. The fraction of sp³-hybridized carbons (Fsp3) is 0.786. The molecule has 0 spiro atoms. The van der Waals surface area contributed by atoms with Crippen LogP contribution in [0.5, 0.6) is 0 Å². The fourth-order valence-corrected chi connectivity index (χ4v) is 3.78. The van der Waals surface area contributed by atoms with Crippen molar-refractivity contribution in [3.8, 4) is 0 Å². The van der Waals surface area contributed by atoms with Crippen LogP contribution in [-0.4, -0.2) is 11.5 Å². The van der Waals surface area contributed by atoms with Gasteiger partial charge in [-0.3, -0.25) is 0 Å². The number of nitrogens with one attached hydrogen (secondary N) is 1. The van der Waals surface area contributed by atoms with Gasteiger partial charge in [0, 0.05) is 17.3 Å². The molecule has 1 aliphatic carbocycles. The third-order valence-corrected chi connectivity index (χ3v) is 4.99. The normalized spacial score (nSPS) is 24.4. The second-order valence-corrected chi connectivity index (χ2v) is 6.47. The van der Waals surface area contributed by atoms with Crippen LogP contribution in [-0.2, 0) is 6.54 Å². The van der Waals surface area contributed by atoms with E-state index in [-0.39, 0.29) is 0 Å². The second kappa shape index (κ2) is 5.96.